The smallest absolute Gasteiger partial charge is 0.446 e. The van der Waals surface area contributed by atoms with Gasteiger partial charge < -0.3 is 29.2 Å². The van der Waals surface area contributed by atoms with E-state index in [9.17, 15) is 42.9 Å². The molecule has 250 valence electrons. The van der Waals surface area contributed by atoms with E-state index >= 15 is 0 Å². The summed E-state index contributed by atoms with van der Waals surface area (Å²) in [6.45, 7) is 1.70. The summed E-state index contributed by atoms with van der Waals surface area (Å²) in [5, 5.41) is 29.7. The molecule has 0 fully saturated rings. The van der Waals surface area contributed by atoms with Crippen LogP contribution in [0.5, 0.6) is 23.0 Å². The molecule has 0 spiro atoms. The van der Waals surface area contributed by atoms with Crippen molar-refractivity contribution in [3.8, 4) is 34.3 Å². The number of rotatable bonds is 8. The third-order valence-electron chi connectivity index (χ3n) is 6.41. The fraction of sp³-hybridized carbons (Fsp3) is 0.143. The second kappa shape index (κ2) is 16.6. The van der Waals surface area contributed by atoms with Gasteiger partial charge in [-0.3, -0.25) is 19.2 Å². The Morgan fingerprint density at radius 3 is 2.04 bits per heavy atom. The number of hydrogen-bond donors (Lipinski definition) is 3. The van der Waals surface area contributed by atoms with E-state index in [0.717, 1.165) is 5.56 Å². The highest BCUT2D eigenvalue weighted by Crippen LogP contribution is 2.35. The van der Waals surface area contributed by atoms with Gasteiger partial charge in [0, 0.05) is 24.3 Å². The maximum Gasteiger partial charge on any atom is 0.446 e. The molecular weight excluding hydrogens is 637 g/mol. The zero-order valence-corrected chi connectivity index (χ0v) is 25.5. The SMILES string of the molecule is COCOc1c(C)ccc(C(=O)CC(=O)c2ccccc2)c1O.O=CC(F)(F)F.O=c1cc(-c2ccccc2)oc2c(O)c(O)ccc12. The van der Waals surface area contributed by atoms with Crippen LogP contribution in [0.4, 0.5) is 13.2 Å². The Morgan fingerprint density at radius 2 is 1.46 bits per heavy atom. The van der Waals surface area contributed by atoms with Crippen molar-refractivity contribution in [1.29, 1.82) is 0 Å². The van der Waals surface area contributed by atoms with Gasteiger partial charge in [0.15, 0.2) is 46.6 Å². The number of aldehydes is 1. The summed E-state index contributed by atoms with van der Waals surface area (Å²) in [7, 11) is 1.46. The Labute approximate surface area is 271 Å². The molecular formula is C35H29F3O10. The normalized spacial score (nSPS) is 10.6. The molecule has 5 rings (SSSR count). The molecule has 0 aliphatic heterocycles. The van der Waals surface area contributed by atoms with Crippen molar-refractivity contribution in [2.24, 2.45) is 0 Å². The van der Waals surface area contributed by atoms with Gasteiger partial charge in [-0.25, -0.2) is 0 Å². The Balaban J connectivity index is 0.000000225. The first kappa shape index (κ1) is 36.5. The summed E-state index contributed by atoms with van der Waals surface area (Å²) in [5.41, 5.74) is 1.64. The average Bonchev–Trinajstić information content (AvgIpc) is 3.07. The van der Waals surface area contributed by atoms with E-state index in [1.807, 2.05) is 18.2 Å². The van der Waals surface area contributed by atoms with Crippen LogP contribution in [0.3, 0.4) is 0 Å². The van der Waals surface area contributed by atoms with E-state index < -0.39 is 24.0 Å². The van der Waals surface area contributed by atoms with Crippen LogP contribution in [-0.4, -0.2) is 53.3 Å². The number of carbonyl (C=O) groups is 3. The predicted molar refractivity (Wildman–Crippen MR) is 168 cm³/mol. The molecule has 4 aromatic carbocycles. The van der Waals surface area contributed by atoms with E-state index in [1.165, 1.54) is 31.4 Å². The molecule has 0 radical (unpaired) electrons. The number of benzene rings is 4. The van der Waals surface area contributed by atoms with Crippen LogP contribution in [0.1, 0.15) is 32.7 Å². The Kier molecular flexibility index (Phi) is 12.6. The van der Waals surface area contributed by atoms with Gasteiger partial charge in [-0.15, -0.1) is 0 Å². The number of methoxy groups -OCH3 is 1. The number of Topliss-reactive ketones (excluding diaryl/α,β-unsaturated/α-hetero) is 2. The number of fused-ring (bicyclic) bond motifs is 1. The fourth-order valence-electron chi connectivity index (χ4n) is 4.10. The monoisotopic (exact) mass is 666 g/mol. The minimum Gasteiger partial charge on any atom is -0.504 e. The lowest BCUT2D eigenvalue weighted by Crippen LogP contribution is -2.10. The highest BCUT2D eigenvalue weighted by atomic mass is 19.4. The maximum atomic E-state index is 12.3. The summed E-state index contributed by atoms with van der Waals surface area (Å²) in [5.74, 6) is -1.24. The van der Waals surface area contributed by atoms with Gasteiger partial charge in [0.25, 0.3) is 0 Å². The molecule has 0 aliphatic carbocycles. The van der Waals surface area contributed by atoms with Gasteiger partial charge in [-0.05, 0) is 30.7 Å². The van der Waals surface area contributed by atoms with Gasteiger partial charge in [0.05, 0.1) is 17.4 Å². The Bertz CT molecular complexity index is 1940. The lowest BCUT2D eigenvalue weighted by molar-refractivity contribution is -0.156. The summed E-state index contributed by atoms with van der Waals surface area (Å²) in [6.07, 6.45) is -6.02. The number of phenols is 3. The van der Waals surface area contributed by atoms with Gasteiger partial charge in [-0.2, -0.15) is 13.2 Å². The molecule has 3 N–H and O–H groups in total. The van der Waals surface area contributed by atoms with Gasteiger partial charge in [0.2, 0.25) is 12.0 Å². The number of aromatic hydroxyl groups is 3. The van der Waals surface area contributed by atoms with Crippen LogP contribution in [0.25, 0.3) is 22.3 Å². The van der Waals surface area contributed by atoms with Crippen molar-refractivity contribution in [3.05, 3.63) is 118 Å². The second-order valence-corrected chi connectivity index (χ2v) is 9.86. The molecule has 0 atom stereocenters. The van der Waals surface area contributed by atoms with E-state index in [1.54, 1.807) is 55.5 Å². The van der Waals surface area contributed by atoms with Crippen LogP contribution in [-0.2, 0) is 9.53 Å². The highest BCUT2D eigenvalue weighted by molar-refractivity contribution is 6.14. The highest BCUT2D eigenvalue weighted by Gasteiger charge is 2.25. The quantitative estimate of drug-likeness (QED) is 0.0531. The number of ether oxygens (including phenoxy) is 2. The molecule has 0 saturated heterocycles. The average molecular weight is 667 g/mol. The largest absolute Gasteiger partial charge is 0.504 e. The summed E-state index contributed by atoms with van der Waals surface area (Å²) >= 11 is 0. The third kappa shape index (κ3) is 9.77. The first-order chi connectivity index (χ1) is 22.8. The Morgan fingerprint density at radius 1 is 0.854 bits per heavy atom. The van der Waals surface area contributed by atoms with Gasteiger partial charge in [-0.1, -0.05) is 66.7 Å². The number of carbonyl (C=O) groups excluding carboxylic acids is 3. The first-order valence-corrected chi connectivity index (χ1v) is 13.9. The number of aryl methyl sites for hydroxylation is 1. The van der Waals surface area contributed by atoms with Crippen molar-refractivity contribution in [2.75, 3.05) is 13.9 Å². The van der Waals surface area contributed by atoms with Crippen LogP contribution in [0.15, 0.2) is 100 Å². The number of hydrogen-bond acceptors (Lipinski definition) is 10. The standard InChI is InChI=1S/C18H18O5.C15H10O4.C2HF3O/c1-12-8-9-14(17(21)18(12)23-11-22-2)16(20)10-15(19)13-6-4-3-5-7-13;16-11-7-6-10-12(17)8-13(19-15(10)14(11)18)9-4-2-1-3-5-9;3-2(4,5)1-6/h3-9,21H,10-11H2,1-2H3;1-8,16,18H;1H. The predicted octanol–water partition coefficient (Wildman–Crippen LogP) is 6.76. The fourth-order valence-corrected chi connectivity index (χ4v) is 4.10. The minimum atomic E-state index is -4.64. The summed E-state index contributed by atoms with van der Waals surface area (Å²) in [4.78, 5) is 45.1. The van der Waals surface area contributed by atoms with Crippen LogP contribution in [0.2, 0.25) is 0 Å². The lowest BCUT2D eigenvalue weighted by atomic mass is 9.99. The van der Waals surface area contributed by atoms with E-state index in [0.29, 0.717) is 16.9 Å². The zero-order chi connectivity index (χ0) is 35.4. The molecule has 0 saturated carbocycles. The molecule has 13 heteroatoms. The lowest BCUT2D eigenvalue weighted by Gasteiger charge is -2.12. The van der Waals surface area contributed by atoms with E-state index in [-0.39, 0.29) is 58.2 Å². The van der Waals surface area contributed by atoms with Crippen LogP contribution >= 0.6 is 0 Å². The van der Waals surface area contributed by atoms with Crippen molar-refractivity contribution in [3.63, 3.8) is 0 Å². The van der Waals surface area contributed by atoms with Gasteiger partial charge in [0.1, 0.15) is 5.76 Å². The number of alkyl halides is 3. The molecule has 0 unspecified atom stereocenters. The summed E-state index contributed by atoms with van der Waals surface area (Å²) < 4.78 is 46.9. The second-order valence-electron chi connectivity index (χ2n) is 9.86. The van der Waals surface area contributed by atoms with Gasteiger partial charge >= 0.3 is 6.18 Å². The molecule has 1 heterocycles. The molecule has 0 amide bonds. The van der Waals surface area contributed by atoms with Crippen LogP contribution in [0, 0.1) is 6.92 Å². The van der Waals surface area contributed by atoms with Crippen molar-refractivity contribution in [2.45, 2.75) is 19.5 Å². The number of ketones is 2. The minimum absolute atomic E-state index is 0.00801. The maximum absolute atomic E-state index is 12.3. The molecule has 5 aromatic rings. The molecule has 1 aromatic heterocycles. The van der Waals surface area contributed by atoms with Crippen molar-refractivity contribution in [1.82, 2.24) is 0 Å². The summed E-state index contributed by atoms with van der Waals surface area (Å²) in [6, 6.07) is 24.9. The number of phenolic OH excluding ortho intramolecular Hbond substituents is 3. The molecule has 0 bridgehead atoms. The van der Waals surface area contributed by atoms with E-state index in [2.05, 4.69) is 0 Å². The third-order valence-corrected chi connectivity index (χ3v) is 6.41. The van der Waals surface area contributed by atoms with Crippen molar-refractivity contribution >= 4 is 28.8 Å². The Hall–Kier alpha value is -5.95. The van der Waals surface area contributed by atoms with Crippen molar-refractivity contribution < 1.29 is 56.8 Å². The topological polar surface area (TPSA) is 161 Å². The van der Waals surface area contributed by atoms with Crippen LogP contribution < -0.4 is 10.2 Å². The molecule has 48 heavy (non-hydrogen) atoms. The molecule has 0 aliphatic rings. The number of halogens is 3. The first-order valence-electron chi connectivity index (χ1n) is 13.9. The zero-order valence-electron chi connectivity index (χ0n) is 25.5. The molecule has 10 nitrogen and oxygen atoms in total. The van der Waals surface area contributed by atoms with E-state index in [4.69, 9.17) is 18.7 Å².